The molecule has 3 aromatic rings. The average molecular weight is 599 g/mol. The molecule has 1 saturated carbocycles. The number of hydrogen-bond donors (Lipinski definition) is 2. The summed E-state index contributed by atoms with van der Waals surface area (Å²) in [7, 11) is -3.60. The van der Waals surface area contributed by atoms with Crippen molar-refractivity contribution in [1.29, 1.82) is 0 Å². The molecule has 12 heteroatoms. The van der Waals surface area contributed by atoms with E-state index in [0.717, 1.165) is 43.5 Å². The van der Waals surface area contributed by atoms with Gasteiger partial charge >= 0.3 is 5.56 Å². The highest BCUT2D eigenvalue weighted by Crippen LogP contribution is 2.45. The van der Waals surface area contributed by atoms with Gasteiger partial charge in [-0.3, -0.25) is 4.79 Å². The van der Waals surface area contributed by atoms with E-state index in [9.17, 15) is 13.2 Å². The first kappa shape index (κ1) is 27.9. The number of sulfonamides is 1. The van der Waals surface area contributed by atoms with Crippen LogP contribution in [0.15, 0.2) is 47.4 Å². The second kappa shape index (κ2) is 10.8. The average Bonchev–Trinajstić information content (AvgIpc) is 3.71. The summed E-state index contributed by atoms with van der Waals surface area (Å²) >= 11 is 6.16. The molecule has 10 nitrogen and oxygen atoms in total. The fourth-order valence-electron chi connectivity index (χ4n) is 5.44. The number of anilines is 3. The Morgan fingerprint density at radius 3 is 2.66 bits per heavy atom. The van der Waals surface area contributed by atoms with Crippen LogP contribution in [-0.4, -0.2) is 61.8 Å². The van der Waals surface area contributed by atoms with Gasteiger partial charge in [0.2, 0.25) is 15.8 Å². The number of fused-ring (bicyclic) bond motifs is 1. The topological polar surface area (TPSA) is 123 Å². The summed E-state index contributed by atoms with van der Waals surface area (Å²) in [6, 6.07) is 10.7. The number of ether oxygens (including phenoxy) is 1. The van der Waals surface area contributed by atoms with Gasteiger partial charge in [-0.25, -0.2) is 8.42 Å². The molecule has 41 heavy (non-hydrogen) atoms. The maximum atomic E-state index is 13.6. The predicted molar refractivity (Wildman–Crippen MR) is 162 cm³/mol. The summed E-state index contributed by atoms with van der Waals surface area (Å²) in [5, 5.41) is 8.26. The van der Waals surface area contributed by atoms with Crippen LogP contribution in [0.25, 0.3) is 5.69 Å². The molecule has 1 aliphatic carbocycles. The summed E-state index contributed by atoms with van der Waals surface area (Å²) < 4.78 is 35.8. The third kappa shape index (κ3) is 5.75. The molecule has 2 fully saturated rings. The van der Waals surface area contributed by atoms with Crippen molar-refractivity contribution in [1.82, 2.24) is 14.1 Å². The lowest BCUT2D eigenvalue weighted by Crippen LogP contribution is -2.49. The number of piperazine rings is 1. The zero-order valence-electron chi connectivity index (χ0n) is 23.1. The van der Waals surface area contributed by atoms with Gasteiger partial charge in [0.05, 0.1) is 24.2 Å². The highest BCUT2D eigenvalue weighted by molar-refractivity contribution is 7.88. The third-order valence-corrected chi connectivity index (χ3v) is 10.4. The van der Waals surface area contributed by atoms with Crippen molar-refractivity contribution < 1.29 is 13.2 Å². The monoisotopic (exact) mass is 598 g/mol. The molecule has 1 saturated heterocycles. The molecule has 3 N–H and O–H groups in total. The maximum Gasteiger partial charge on any atom is 0.316 e. The Bertz CT molecular complexity index is 1630. The summed E-state index contributed by atoms with van der Waals surface area (Å²) in [5.41, 5.74) is 10.4. The Balaban J connectivity index is 1.21. The molecule has 6 rings (SSSR count). The molecule has 1 aromatic heterocycles. The standard InChI is InChI=1S/C29H35ClN6O4S/c1-29(9-10-29)19-40-27-25(17-33-36(28(27)37)22-5-2-4-21(30)16-22)34-12-14-35(15-13-34)41(38,39)18-20-7-8-24-23(26(20)31)6-3-11-32-24/h2,4-5,7-8,16-17,32H,3,6,9-15,18-19,31H2,1H3. The lowest BCUT2D eigenvalue weighted by Gasteiger charge is -2.36. The van der Waals surface area contributed by atoms with Crippen LogP contribution in [0, 0.1) is 5.41 Å². The third-order valence-electron chi connectivity index (χ3n) is 8.31. The van der Waals surface area contributed by atoms with E-state index >= 15 is 0 Å². The highest BCUT2D eigenvalue weighted by Gasteiger charge is 2.39. The number of benzene rings is 2. The predicted octanol–water partition coefficient (Wildman–Crippen LogP) is 3.66. The van der Waals surface area contributed by atoms with Gasteiger partial charge in [0.15, 0.2) is 0 Å². The zero-order chi connectivity index (χ0) is 28.8. The van der Waals surface area contributed by atoms with E-state index < -0.39 is 10.0 Å². The highest BCUT2D eigenvalue weighted by atomic mass is 35.5. The number of nitrogen functional groups attached to an aromatic ring is 1. The number of nitrogens with one attached hydrogen (secondary N) is 1. The van der Waals surface area contributed by atoms with Crippen LogP contribution in [0.3, 0.4) is 0 Å². The summed E-state index contributed by atoms with van der Waals surface area (Å²) in [4.78, 5) is 15.6. The van der Waals surface area contributed by atoms with Crippen molar-refractivity contribution in [2.45, 2.75) is 38.4 Å². The number of rotatable bonds is 8. The second-order valence-corrected chi connectivity index (χ2v) is 13.9. The first-order chi connectivity index (χ1) is 19.6. The van der Waals surface area contributed by atoms with E-state index in [1.54, 1.807) is 30.5 Å². The van der Waals surface area contributed by atoms with Crippen molar-refractivity contribution in [2.24, 2.45) is 5.41 Å². The Morgan fingerprint density at radius 2 is 1.93 bits per heavy atom. The minimum Gasteiger partial charge on any atom is -0.486 e. The molecule has 0 spiro atoms. The van der Waals surface area contributed by atoms with Gasteiger partial charge in [-0.05, 0) is 61.1 Å². The van der Waals surface area contributed by atoms with Crippen molar-refractivity contribution in [2.75, 3.05) is 55.3 Å². The molecule has 2 aliphatic heterocycles. The van der Waals surface area contributed by atoms with Crippen LogP contribution in [0.4, 0.5) is 17.1 Å². The van der Waals surface area contributed by atoms with Crippen LogP contribution in [0.2, 0.25) is 5.02 Å². The SMILES string of the molecule is CC1(COc2c(N3CCN(S(=O)(=O)Cc4ccc5c(c4N)CCCN5)CC3)cnn(-c3cccc(Cl)c3)c2=O)CC1. The minimum absolute atomic E-state index is 0.0647. The smallest absolute Gasteiger partial charge is 0.316 e. The molecule has 218 valence electrons. The molecular weight excluding hydrogens is 564 g/mol. The Hall–Kier alpha value is -3.28. The zero-order valence-corrected chi connectivity index (χ0v) is 24.7. The summed E-state index contributed by atoms with van der Waals surface area (Å²) in [6.45, 7) is 4.83. The van der Waals surface area contributed by atoms with Gasteiger partial charge in [0.1, 0.15) is 5.69 Å². The van der Waals surface area contributed by atoms with Gasteiger partial charge in [-0.2, -0.15) is 14.1 Å². The quantitative estimate of drug-likeness (QED) is 0.377. The number of halogens is 1. The minimum atomic E-state index is -3.60. The van der Waals surface area contributed by atoms with E-state index in [2.05, 4.69) is 17.3 Å². The van der Waals surface area contributed by atoms with Crippen molar-refractivity contribution in [3.63, 3.8) is 0 Å². The summed E-state index contributed by atoms with van der Waals surface area (Å²) in [5.74, 6) is 0.0795. The number of nitrogens with two attached hydrogens (primary N) is 1. The molecule has 0 atom stereocenters. The van der Waals surface area contributed by atoms with E-state index in [1.165, 1.54) is 8.99 Å². The molecule has 3 heterocycles. The van der Waals surface area contributed by atoms with Crippen molar-refractivity contribution >= 4 is 38.7 Å². The fraction of sp³-hybridized carbons (Fsp3) is 0.448. The maximum absolute atomic E-state index is 13.6. The van der Waals surface area contributed by atoms with Crippen molar-refractivity contribution in [3.05, 3.63) is 69.1 Å². The van der Waals surface area contributed by atoms with Crippen LogP contribution in [-0.2, 0) is 22.2 Å². The Labute approximate surface area is 245 Å². The van der Waals surface area contributed by atoms with Gasteiger partial charge in [-0.15, -0.1) is 0 Å². The molecule has 0 amide bonds. The van der Waals surface area contributed by atoms with Crippen LogP contribution < -0.4 is 26.2 Å². The van der Waals surface area contributed by atoms with Gasteiger partial charge in [0.25, 0.3) is 0 Å². The first-order valence-corrected chi connectivity index (χ1v) is 16.0. The van der Waals surface area contributed by atoms with Gasteiger partial charge in [0, 0.05) is 54.5 Å². The second-order valence-electron chi connectivity index (χ2n) is 11.5. The Morgan fingerprint density at radius 1 is 1.15 bits per heavy atom. The largest absolute Gasteiger partial charge is 0.486 e. The van der Waals surface area contributed by atoms with E-state index in [1.807, 2.05) is 17.0 Å². The van der Waals surface area contributed by atoms with Gasteiger partial charge in [-0.1, -0.05) is 30.7 Å². The van der Waals surface area contributed by atoms with Crippen LogP contribution >= 0.6 is 11.6 Å². The first-order valence-electron chi connectivity index (χ1n) is 14.0. The number of nitrogens with zero attached hydrogens (tertiary/aromatic N) is 4. The lowest BCUT2D eigenvalue weighted by molar-refractivity contribution is 0.242. The summed E-state index contributed by atoms with van der Waals surface area (Å²) in [6.07, 6.45) is 5.54. The molecule has 3 aliphatic rings. The molecule has 0 unspecified atom stereocenters. The molecule has 0 radical (unpaired) electrons. The number of hydrogen-bond acceptors (Lipinski definition) is 8. The molecule has 2 aromatic carbocycles. The van der Waals surface area contributed by atoms with E-state index in [-0.39, 0.29) is 35.6 Å². The Kier molecular flexibility index (Phi) is 7.37. The van der Waals surface area contributed by atoms with E-state index in [0.29, 0.717) is 47.3 Å². The fourth-order valence-corrected chi connectivity index (χ4v) is 7.17. The van der Waals surface area contributed by atoms with Crippen molar-refractivity contribution in [3.8, 4) is 11.4 Å². The van der Waals surface area contributed by atoms with Gasteiger partial charge < -0.3 is 20.7 Å². The molecular formula is C29H35ClN6O4S. The molecule has 0 bridgehead atoms. The normalized spacial score (nSPS) is 18.4. The lowest BCUT2D eigenvalue weighted by atomic mass is 9.99. The van der Waals surface area contributed by atoms with E-state index in [4.69, 9.17) is 22.1 Å². The van der Waals surface area contributed by atoms with Crippen LogP contribution in [0.1, 0.15) is 37.3 Å². The number of aromatic nitrogens is 2. The van der Waals surface area contributed by atoms with Crippen LogP contribution in [0.5, 0.6) is 5.75 Å².